The van der Waals surface area contributed by atoms with E-state index in [-0.39, 0.29) is 11.3 Å². The summed E-state index contributed by atoms with van der Waals surface area (Å²) >= 11 is 0. The van der Waals surface area contributed by atoms with Crippen LogP contribution in [0.15, 0.2) is 0 Å². The molecule has 0 amide bonds. The van der Waals surface area contributed by atoms with Gasteiger partial charge >= 0.3 is 0 Å². The molecule has 0 aromatic heterocycles. The van der Waals surface area contributed by atoms with Crippen molar-refractivity contribution in [2.75, 3.05) is 5.75 Å². The van der Waals surface area contributed by atoms with E-state index in [1.54, 1.807) is 0 Å². The van der Waals surface area contributed by atoms with Crippen LogP contribution >= 0.6 is 0 Å². The predicted octanol–water partition coefficient (Wildman–Crippen LogP) is 1.91. The summed E-state index contributed by atoms with van der Waals surface area (Å²) in [6.07, 6.45) is 1.95. The third-order valence-corrected chi connectivity index (χ3v) is 4.20. The maximum absolute atomic E-state index is 11.7. The summed E-state index contributed by atoms with van der Waals surface area (Å²) in [5.41, 5.74) is 5.83. The molecule has 0 aliphatic heterocycles. The van der Waals surface area contributed by atoms with Crippen LogP contribution in [0.4, 0.5) is 0 Å². The molecule has 80 valence electrons. The molecule has 0 bridgehead atoms. The summed E-state index contributed by atoms with van der Waals surface area (Å²) in [5.74, 6) is 1.43. The van der Waals surface area contributed by atoms with Crippen molar-refractivity contribution >= 4 is 10.8 Å². The van der Waals surface area contributed by atoms with E-state index in [9.17, 15) is 4.21 Å². The van der Waals surface area contributed by atoms with Crippen molar-refractivity contribution in [1.82, 2.24) is 0 Å². The van der Waals surface area contributed by atoms with Gasteiger partial charge in [0.2, 0.25) is 0 Å². The molecule has 0 saturated carbocycles. The monoisotopic (exact) mass is 205 g/mol. The van der Waals surface area contributed by atoms with E-state index in [1.807, 2.05) is 13.8 Å². The van der Waals surface area contributed by atoms with Gasteiger partial charge in [-0.1, -0.05) is 20.8 Å². The Kier molecular flexibility index (Phi) is 6.60. The van der Waals surface area contributed by atoms with Gasteiger partial charge in [-0.25, -0.2) is 0 Å². The molecule has 0 radical (unpaired) electrons. The van der Waals surface area contributed by atoms with E-state index in [1.165, 1.54) is 0 Å². The molecule has 0 aromatic carbocycles. The summed E-state index contributed by atoms with van der Waals surface area (Å²) in [5, 5.41) is 0.142. The largest absolute Gasteiger partial charge is 0.327 e. The fourth-order valence-electron chi connectivity index (χ4n) is 1.06. The van der Waals surface area contributed by atoms with Gasteiger partial charge in [-0.05, 0) is 25.7 Å². The van der Waals surface area contributed by atoms with E-state index in [4.69, 9.17) is 5.73 Å². The van der Waals surface area contributed by atoms with Crippen molar-refractivity contribution in [3.63, 3.8) is 0 Å². The topological polar surface area (TPSA) is 43.1 Å². The highest BCUT2D eigenvalue weighted by Gasteiger charge is 2.17. The summed E-state index contributed by atoms with van der Waals surface area (Å²) in [4.78, 5) is 0. The molecular formula is C10H23NOS. The fraction of sp³-hybridized carbons (Fsp3) is 1.00. The smallest absolute Gasteiger partial charge is 0.0470 e. The molecule has 0 aliphatic rings. The Bertz CT molecular complexity index is 159. The van der Waals surface area contributed by atoms with Crippen LogP contribution in [-0.4, -0.2) is 21.3 Å². The molecule has 2 N–H and O–H groups in total. The van der Waals surface area contributed by atoms with Gasteiger partial charge in [-0.3, -0.25) is 4.21 Å². The van der Waals surface area contributed by atoms with Crippen molar-refractivity contribution in [2.24, 2.45) is 11.7 Å². The Morgan fingerprint density at radius 2 is 1.85 bits per heavy atom. The van der Waals surface area contributed by atoms with Crippen molar-refractivity contribution in [1.29, 1.82) is 0 Å². The lowest BCUT2D eigenvalue weighted by atomic mass is 10.2. The van der Waals surface area contributed by atoms with Crippen molar-refractivity contribution in [3.8, 4) is 0 Å². The van der Waals surface area contributed by atoms with Gasteiger partial charge in [0.15, 0.2) is 0 Å². The highest BCUT2D eigenvalue weighted by Crippen LogP contribution is 2.08. The van der Waals surface area contributed by atoms with Crippen LogP contribution in [-0.2, 0) is 10.8 Å². The first-order chi connectivity index (χ1) is 5.99. The Labute approximate surface area is 84.7 Å². The molecule has 0 fully saturated rings. The lowest BCUT2D eigenvalue weighted by Crippen LogP contribution is -2.36. The van der Waals surface area contributed by atoms with Gasteiger partial charge in [0.05, 0.1) is 0 Å². The Balaban J connectivity index is 3.82. The Morgan fingerprint density at radius 3 is 2.23 bits per heavy atom. The minimum Gasteiger partial charge on any atom is -0.327 e. The highest BCUT2D eigenvalue weighted by molar-refractivity contribution is 7.85. The quantitative estimate of drug-likeness (QED) is 0.720. The summed E-state index contributed by atoms with van der Waals surface area (Å²) in [6, 6.07) is 0.0907. The van der Waals surface area contributed by atoms with Crippen molar-refractivity contribution in [3.05, 3.63) is 0 Å². The van der Waals surface area contributed by atoms with Crippen molar-refractivity contribution in [2.45, 2.75) is 51.8 Å². The molecule has 0 aromatic rings. The van der Waals surface area contributed by atoms with Crippen LogP contribution in [0, 0.1) is 5.92 Å². The molecule has 2 nitrogen and oxygen atoms in total. The van der Waals surface area contributed by atoms with Gasteiger partial charge in [0, 0.05) is 27.8 Å². The maximum Gasteiger partial charge on any atom is 0.0470 e. The first-order valence-electron chi connectivity index (χ1n) is 5.11. The normalized spacial score (nSPS) is 18.6. The lowest BCUT2D eigenvalue weighted by Gasteiger charge is -2.18. The SMILES string of the molecule is CCC(N)C(C)S(=O)CCC(C)C. The Hall–Kier alpha value is 0.110. The predicted molar refractivity (Wildman–Crippen MR) is 60.2 cm³/mol. The van der Waals surface area contributed by atoms with Crippen LogP contribution in [0.3, 0.4) is 0 Å². The standard InChI is InChI=1S/C10H23NOS/c1-5-10(11)9(4)13(12)7-6-8(2)3/h8-10H,5-7,11H2,1-4H3. The third-order valence-electron chi connectivity index (χ3n) is 2.39. The average Bonchev–Trinajstić information content (AvgIpc) is 2.11. The Morgan fingerprint density at radius 1 is 1.31 bits per heavy atom. The molecule has 0 saturated heterocycles. The number of nitrogens with two attached hydrogens (primary N) is 1. The summed E-state index contributed by atoms with van der Waals surface area (Å²) in [6.45, 7) is 8.34. The average molecular weight is 205 g/mol. The van der Waals surface area contributed by atoms with Gasteiger partial charge in [-0.15, -0.1) is 0 Å². The molecule has 3 heteroatoms. The molecule has 0 rings (SSSR count). The maximum atomic E-state index is 11.7. The van der Waals surface area contributed by atoms with Crippen LogP contribution in [0.5, 0.6) is 0 Å². The van der Waals surface area contributed by atoms with E-state index in [0.717, 1.165) is 18.6 Å². The zero-order valence-corrected chi connectivity index (χ0v) is 10.1. The minimum atomic E-state index is -0.740. The second-order valence-corrected chi connectivity index (χ2v) is 5.96. The fourth-order valence-corrected chi connectivity index (χ4v) is 2.72. The molecule has 0 spiro atoms. The number of hydrogen-bond donors (Lipinski definition) is 1. The summed E-state index contributed by atoms with van der Waals surface area (Å²) < 4.78 is 11.7. The van der Waals surface area contributed by atoms with Gasteiger partial charge in [0.25, 0.3) is 0 Å². The van der Waals surface area contributed by atoms with E-state index >= 15 is 0 Å². The first kappa shape index (κ1) is 13.1. The lowest BCUT2D eigenvalue weighted by molar-refractivity contribution is 0.592. The summed E-state index contributed by atoms with van der Waals surface area (Å²) in [7, 11) is -0.740. The van der Waals surface area contributed by atoms with E-state index in [2.05, 4.69) is 13.8 Å². The third kappa shape index (κ3) is 5.42. The van der Waals surface area contributed by atoms with Crippen LogP contribution in [0.2, 0.25) is 0 Å². The molecule has 0 heterocycles. The van der Waals surface area contributed by atoms with Crippen LogP contribution in [0.25, 0.3) is 0 Å². The van der Waals surface area contributed by atoms with Gasteiger partial charge in [-0.2, -0.15) is 0 Å². The van der Waals surface area contributed by atoms with Crippen LogP contribution in [0.1, 0.15) is 40.5 Å². The zero-order valence-electron chi connectivity index (χ0n) is 9.25. The molecule has 3 unspecified atom stereocenters. The highest BCUT2D eigenvalue weighted by atomic mass is 32.2. The second kappa shape index (κ2) is 6.55. The zero-order chi connectivity index (χ0) is 10.4. The number of hydrogen-bond acceptors (Lipinski definition) is 2. The van der Waals surface area contributed by atoms with E-state index in [0.29, 0.717) is 5.92 Å². The van der Waals surface area contributed by atoms with Gasteiger partial charge in [0.1, 0.15) is 0 Å². The molecular weight excluding hydrogens is 182 g/mol. The van der Waals surface area contributed by atoms with Gasteiger partial charge < -0.3 is 5.73 Å². The molecule has 3 atom stereocenters. The second-order valence-electron chi connectivity index (χ2n) is 4.04. The van der Waals surface area contributed by atoms with Crippen LogP contribution < -0.4 is 5.73 Å². The van der Waals surface area contributed by atoms with E-state index < -0.39 is 10.8 Å². The number of rotatable bonds is 6. The first-order valence-corrected chi connectivity index (χ1v) is 6.50. The molecule has 0 aliphatic carbocycles. The minimum absolute atomic E-state index is 0.0907. The molecule has 13 heavy (non-hydrogen) atoms. The van der Waals surface area contributed by atoms with Crippen molar-refractivity contribution < 1.29 is 4.21 Å².